The lowest BCUT2D eigenvalue weighted by molar-refractivity contribution is -0.119. The van der Waals surface area contributed by atoms with Crippen LogP contribution in [0.1, 0.15) is 42.9 Å². The second-order valence-corrected chi connectivity index (χ2v) is 7.81. The van der Waals surface area contributed by atoms with Crippen molar-refractivity contribution in [3.63, 3.8) is 0 Å². The number of carbonyl (C=O) groups is 1. The third-order valence-electron chi connectivity index (χ3n) is 4.69. The first-order valence-electron chi connectivity index (χ1n) is 10.4. The van der Waals surface area contributed by atoms with Crippen LogP contribution < -0.4 is 11.1 Å². The first-order chi connectivity index (χ1) is 15.1. The number of hydrogen-bond donors (Lipinski definition) is 2. The third-order valence-corrected chi connectivity index (χ3v) is 5.76. The zero-order valence-electron chi connectivity index (χ0n) is 18.0. The minimum atomic E-state index is -0.240. The van der Waals surface area contributed by atoms with Crippen LogP contribution in [-0.2, 0) is 17.8 Å². The molecule has 0 saturated heterocycles. The Morgan fingerprint density at radius 3 is 2.45 bits per heavy atom. The molecule has 160 valence electrons. The fourth-order valence-electron chi connectivity index (χ4n) is 3.26. The van der Waals surface area contributed by atoms with Crippen LogP contribution in [0.4, 0.5) is 0 Å². The molecule has 4 rings (SSSR count). The van der Waals surface area contributed by atoms with Crippen LogP contribution in [0.3, 0.4) is 0 Å². The predicted octanol–water partition coefficient (Wildman–Crippen LogP) is 4.66. The van der Waals surface area contributed by atoms with Gasteiger partial charge in [0.25, 0.3) is 0 Å². The van der Waals surface area contributed by atoms with Gasteiger partial charge in [0.15, 0.2) is 0 Å². The van der Waals surface area contributed by atoms with E-state index in [1.165, 1.54) is 18.3 Å². The molecule has 2 aromatic carbocycles. The monoisotopic (exact) mass is 433 g/mol. The molecule has 31 heavy (non-hydrogen) atoms. The number of fused-ring (bicyclic) bond motifs is 1. The number of amides is 1. The van der Waals surface area contributed by atoms with E-state index in [0.29, 0.717) is 13.0 Å². The van der Waals surface area contributed by atoms with Crippen molar-refractivity contribution in [3.05, 3.63) is 76.9 Å². The number of nitrogens with zero attached hydrogens (tertiary/aromatic N) is 3. The number of pyridine rings is 1. The molecule has 2 heterocycles. The molecular weight excluding hydrogens is 406 g/mol. The second-order valence-electron chi connectivity index (χ2n) is 6.80. The van der Waals surface area contributed by atoms with E-state index in [1.54, 1.807) is 6.20 Å². The van der Waals surface area contributed by atoms with Crippen molar-refractivity contribution in [1.82, 2.24) is 20.5 Å². The normalized spacial score (nSPS) is 11.5. The van der Waals surface area contributed by atoms with Crippen molar-refractivity contribution in [2.75, 3.05) is 0 Å². The summed E-state index contributed by atoms with van der Waals surface area (Å²) < 4.78 is 0. The molecule has 0 radical (unpaired) electrons. The Bertz CT molecular complexity index is 1130. The van der Waals surface area contributed by atoms with Gasteiger partial charge < -0.3 is 11.1 Å². The van der Waals surface area contributed by atoms with Crippen LogP contribution in [0, 0.1) is 0 Å². The van der Waals surface area contributed by atoms with Gasteiger partial charge in [-0.2, -0.15) is 0 Å². The van der Waals surface area contributed by atoms with Crippen LogP contribution in [0.5, 0.6) is 0 Å². The zero-order valence-corrected chi connectivity index (χ0v) is 18.8. The number of nitrogens with two attached hydrogens (primary N) is 1. The van der Waals surface area contributed by atoms with Gasteiger partial charge in [-0.1, -0.05) is 67.6 Å². The van der Waals surface area contributed by atoms with Gasteiger partial charge in [-0.15, -0.1) is 10.2 Å². The molecule has 1 unspecified atom stereocenters. The number of para-hydroxylation sites is 1. The summed E-state index contributed by atoms with van der Waals surface area (Å²) in [5.41, 5.74) is 9.77. The Labute approximate surface area is 186 Å². The molecule has 0 bridgehead atoms. The minimum absolute atomic E-state index is 0.0975. The second kappa shape index (κ2) is 10.7. The summed E-state index contributed by atoms with van der Waals surface area (Å²) in [6.45, 7) is 6.03. The molecule has 0 fully saturated rings. The highest BCUT2D eigenvalue weighted by molar-refractivity contribution is 7.14. The highest BCUT2D eigenvalue weighted by Crippen LogP contribution is 2.32. The molecule has 0 saturated carbocycles. The Morgan fingerprint density at radius 2 is 1.74 bits per heavy atom. The predicted molar refractivity (Wildman–Crippen MR) is 127 cm³/mol. The summed E-state index contributed by atoms with van der Waals surface area (Å²) in [6, 6.07) is 17.8. The van der Waals surface area contributed by atoms with E-state index < -0.39 is 0 Å². The molecule has 2 aromatic heterocycles. The number of benzene rings is 2. The van der Waals surface area contributed by atoms with E-state index in [0.717, 1.165) is 37.6 Å². The van der Waals surface area contributed by atoms with Gasteiger partial charge in [0.2, 0.25) is 5.91 Å². The maximum Gasteiger partial charge on any atom is 0.217 e. The number of rotatable bonds is 6. The molecule has 0 spiro atoms. The standard InChI is InChI=1S/C22H21N5OS.C2H6/c1-14(28)25-20(12-15-6-8-16(13-23)9-7-15)22-27-26-21(29-22)18-10-11-24-19-5-3-2-4-17(18)19;1-2/h2-11,20H,12-13,23H2,1H3,(H,25,28);1-2H3. The van der Waals surface area contributed by atoms with Gasteiger partial charge in [0.1, 0.15) is 10.0 Å². The number of nitrogens with one attached hydrogen (secondary N) is 1. The molecular formula is C24H27N5OS. The topological polar surface area (TPSA) is 93.8 Å². The summed E-state index contributed by atoms with van der Waals surface area (Å²) in [4.78, 5) is 16.2. The molecule has 4 aromatic rings. The van der Waals surface area contributed by atoms with Crippen molar-refractivity contribution < 1.29 is 4.79 Å². The molecule has 7 heteroatoms. The van der Waals surface area contributed by atoms with Crippen LogP contribution in [0.15, 0.2) is 60.8 Å². The fourth-order valence-corrected chi connectivity index (χ4v) is 4.19. The van der Waals surface area contributed by atoms with Crippen molar-refractivity contribution >= 4 is 28.1 Å². The van der Waals surface area contributed by atoms with Gasteiger partial charge in [0, 0.05) is 30.6 Å². The summed E-state index contributed by atoms with van der Waals surface area (Å²) in [7, 11) is 0. The number of hydrogen-bond acceptors (Lipinski definition) is 6. The first kappa shape index (κ1) is 22.5. The molecule has 1 atom stereocenters. The maximum absolute atomic E-state index is 11.8. The summed E-state index contributed by atoms with van der Waals surface area (Å²) in [5.74, 6) is -0.0975. The highest BCUT2D eigenvalue weighted by Gasteiger charge is 2.20. The Hall–Kier alpha value is -3.16. The van der Waals surface area contributed by atoms with E-state index in [2.05, 4.69) is 20.5 Å². The lowest BCUT2D eigenvalue weighted by Gasteiger charge is -2.15. The van der Waals surface area contributed by atoms with Crippen molar-refractivity contribution in [2.45, 2.75) is 39.8 Å². The van der Waals surface area contributed by atoms with Gasteiger partial charge in [-0.05, 0) is 29.7 Å². The Kier molecular flexibility index (Phi) is 7.81. The smallest absolute Gasteiger partial charge is 0.217 e. The average Bonchev–Trinajstić information content (AvgIpc) is 3.30. The molecule has 0 aliphatic rings. The first-order valence-corrected chi connectivity index (χ1v) is 11.2. The largest absolute Gasteiger partial charge is 0.347 e. The van der Waals surface area contributed by atoms with Gasteiger partial charge >= 0.3 is 0 Å². The molecule has 0 aliphatic carbocycles. The van der Waals surface area contributed by atoms with E-state index in [1.807, 2.05) is 68.4 Å². The van der Waals surface area contributed by atoms with Crippen LogP contribution in [0.2, 0.25) is 0 Å². The van der Waals surface area contributed by atoms with Crippen LogP contribution in [-0.4, -0.2) is 21.1 Å². The summed E-state index contributed by atoms with van der Waals surface area (Å²) in [6.07, 6.45) is 2.42. The van der Waals surface area contributed by atoms with Gasteiger partial charge in [-0.3, -0.25) is 9.78 Å². The SMILES string of the molecule is CC.CC(=O)NC(Cc1ccc(CN)cc1)c1nnc(-c2ccnc3ccccc23)s1. The van der Waals surface area contributed by atoms with E-state index in [-0.39, 0.29) is 11.9 Å². The Balaban J connectivity index is 0.00000132. The van der Waals surface area contributed by atoms with Crippen LogP contribution >= 0.6 is 11.3 Å². The lowest BCUT2D eigenvalue weighted by atomic mass is 10.0. The number of aromatic nitrogens is 3. The lowest BCUT2D eigenvalue weighted by Crippen LogP contribution is -2.27. The highest BCUT2D eigenvalue weighted by atomic mass is 32.1. The molecule has 6 nitrogen and oxygen atoms in total. The third kappa shape index (κ3) is 5.51. The molecule has 0 aliphatic heterocycles. The summed E-state index contributed by atoms with van der Waals surface area (Å²) in [5, 5.41) is 14.4. The quantitative estimate of drug-likeness (QED) is 0.461. The van der Waals surface area contributed by atoms with Gasteiger partial charge in [0.05, 0.1) is 11.6 Å². The molecule has 3 N–H and O–H groups in total. The van der Waals surface area contributed by atoms with Crippen molar-refractivity contribution in [1.29, 1.82) is 0 Å². The van der Waals surface area contributed by atoms with Crippen LogP contribution in [0.25, 0.3) is 21.5 Å². The zero-order chi connectivity index (χ0) is 22.2. The van der Waals surface area contributed by atoms with Crippen molar-refractivity contribution in [2.24, 2.45) is 5.73 Å². The van der Waals surface area contributed by atoms with Crippen molar-refractivity contribution in [3.8, 4) is 10.6 Å². The van der Waals surface area contributed by atoms with E-state index >= 15 is 0 Å². The number of carbonyl (C=O) groups excluding carboxylic acids is 1. The maximum atomic E-state index is 11.8. The minimum Gasteiger partial charge on any atom is -0.347 e. The fraction of sp³-hybridized carbons (Fsp3) is 0.250. The van der Waals surface area contributed by atoms with Gasteiger partial charge in [-0.25, -0.2) is 0 Å². The van der Waals surface area contributed by atoms with E-state index in [4.69, 9.17) is 5.73 Å². The Morgan fingerprint density at radius 1 is 1.03 bits per heavy atom. The molecule has 1 amide bonds. The summed E-state index contributed by atoms with van der Waals surface area (Å²) >= 11 is 1.49. The average molecular weight is 434 g/mol. The van der Waals surface area contributed by atoms with E-state index in [9.17, 15) is 4.79 Å².